The van der Waals surface area contributed by atoms with Crippen LogP contribution in [0.4, 0.5) is 0 Å². The highest BCUT2D eigenvalue weighted by atomic mass is 32.2. The van der Waals surface area contributed by atoms with Crippen molar-refractivity contribution in [2.24, 2.45) is 0 Å². The van der Waals surface area contributed by atoms with E-state index in [1.165, 1.54) is 22.0 Å². The van der Waals surface area contributed by atoms with Gasteiger partial charge in [-0.05, 0) is 41.3 Å². The molecule has 1 heterocycles. The summed E-state index contributed by atoms with van der Waals surface area (Å²) in [5.74, 6) is 9.56. The van der Waals surface area contributed by atoms with Crippen LogP contribution >= 0.6 is 11.8 Å². The number of ether oxygens (including phenoxy) is 3. The maximum atomic E-state index is 6.21. The fourth-order valence-corrected chi connectivity index (χ4v) is 3.56. The van der Waals surface area contributed by atoms with Crippen molar-refractivity contribution in [2.45, 2.75) is 31.3 Å². The van der Waals surface area contributed by atoms with Crippen LogP contribution in [0.25, 0.3) is 11.4 Å². The number of nitrogens with two attached hydrogens (primary N) is 1. The minimum atomic E-state index is 0.130. The van der Waals surface area contributed by atoms with Crippen molar-refractivity contribution in [3.05, 3.63) is 48.0 Å². The lowest BCUT2D eigenvalue weighted by Crippen LogP contribution is -2.12. The van der Waals surface area contributed by atoms with Crippen molar-refractivity contribution >= 4 is 11.8 Å². The van der Waals surface area contributed by atoms with Crippen molar-refractivity contribution < 1.29 is 14.2 Å². The molecule has 7 nitrogen and oxygen atoms in total. The highest BCUT2D eigenvalue weighted by Gasteiger charge is 2.15. The van der Waals surface area contributed by atoms with Crippen molar-refractivity contribution in [3.8, 4) is 28.6 Å². The van der Waals surface area contributed by atoms with E-state index in [-0.39, 0.29) is 5.41 Å². The summed E-state index contributed by atoms with van der Waals surface area (Å²) in [5, 5.41) is 9.03. The number of nitrogen functional groups attached to an aromatic ring is 1. The molecule has 0 unspecified atom stereocenters. The van der Waals surface area contributed by atoms with E-state index in [0.717, 1.165) is 11.3 Å². The van der Waals surface area contributed by atoms with Gasteiger partial charge in [0, 0.05) is 11.3 Å². The third kappa shape index (κ3) is 4.99. The molecule has 1 aromatic heterocycles. The Bertz CT molecular complexity index is 981. The second kappa shape index (κ2) is 9.30. The zero-order chi connectivity index (χ0) is 21.7. The molecular formula is C22H28N4O3S. The Morgan fingerprint density at radius 2 is 1.67 bits per heavy atom. The van der Waals surface area contributed by atoms with Gasteiger partial charge in [0.15, 0.2) is 17.3 Å². The van der Waals surface area contributed by atoms with E-state index in [2.05, 4.69) is 43.1 Å². The SMILES string of the molecule is COc1ccc(-c2nnc(SCCOc3ccc(C(C)(C)C)cc3)n2N)cc1OC. The lowest BCUT2D eigenvalue weighted by Gasteiger charge is -2.19. The predicted molar refractivity (Wildman–Crippen MR) is 120 cm³/mol. The molecule has 0 aliphatic carbocycles. The molecule has 2 N–H and O–H groups in total. The largest absolute Gasteiger partial charge is 0.493 e. The summed E-state index contributed by atoms with van der Waals surface area (Å²) in [7, 11) is 3.19. The average molecular weight is 429 g/mol. The molecule has 0 fully saturated rings. The second-order valence-corrected chi connectivity index (χ2v) is 8.78. The maximum Gasteiger partial charge on any atom is 0.210 e. The molecule has 0 amide bonds. The van der Waals surface area contributed by atoms with Crippen molar-refractivity contribution in [2.75, 3.05) is 32.4 Å². The molecule has 0 bridgehead atoms. The van der Waals surface area contributed by atoms with E-state index >= 15 is 0 Å². The van der Waals surface area contributed by atoms with Gasteiger partial charge in [0.05, 0.1) is 20.8 Å². The highest BCUT2D eigenvalue weighted by Crippen LogP contribution is 2.32. The van der Waals surface area contributed by atoms with Crippen LogP contribution in [0.15, 0.2) is 47.6 Å². The first-order valence-electron chi connectivity index (χ1n) is 9.62. The molecule has 160 valence electrons. The van der Waals surface area contributed by atoms with Crippen LogP contribution in [-0.4, -0.2) is 41.5 Å². The number of hydrogen-bond donors (Lipinski definition) is 1. The predicted octanol–water partition coefficient (Wildman–Crippen LogP) is 4.14. The first-order valence-corrected chi connectivity index (χ1v) is 10.6. The minimum absolute atomic E-state index is 0.130. The van der Waals surface area contributed by atoms with Gasteiger partial charge in [0.25, 0.3) is 0 Å². The molecule has 0 aliphatic heterocycles. The molecular weight excluding hydrogens is 400 g/mol. The Morgan fingerprint density at radius 3 is 2.30 bits per heavy atom. The van der Waals surface area contributed by atoms with E-state index in [1.807, 2.05) is 30.3 Å². The fraction of sp³-hybridized carbons (Fsp3) is 0.364. The van der Waals surface area contributed by atoms with Gasteiger partial charge in [-0.2, -0.15) is 0 Å². The molecule has 0 saturated carbocycles. The fourth-order valence-electron chi connectivity index (χ4n) is 2.89. The Labute approximate surface area is 181 Å². The first-order chi connectivity index (χ1) is 14.3. The van der Waals surface area contributed by atoms with Gasteiger partial charge in [-0.3, -0.25) is 0 Å². The zero-order valence-electron chi connectivity index (χ0n) is 18.0. The number of rotatable bonds is 8. The summed E-state index contributed by atoms with van der Waals surface area (Å²) < 4.78 is 17.9. The van der Waals surface area contributed by atoms with E-state index in [9.17, 15) is 0 Å². The van der Waals surface area contributed by atoms with E-state index in [1.54, 1.807) is 14.2 Å². The van der Waals surface area contributed by atoms with Crippen molar-refractivity contribution in [1.29, 1.82) is 0 Å². The molecule has 0 spiro atoms. The van der Waals surface area contributed by atoms with Gasteiger partial charge < -0.3 is 20.1 Å². The van der Waals surface area contributed by atoms with Gasteiger partial charge in [-0.25, -0.2) is 4.68 Å². The van der Waals surface area contributed by atoms with E-state index < -0.39 is 0 Å². The van der Waals surface area contributed by atoms with Crippen LogP contribution in [0.3, 0.4) is 0 Å². The Kier molecular flexibility index (Phi) is 6.77. The minimum Gasteiger partial charge on any atom is -0.493 e. The van der Waals surface area contributed by atoms with Gasteiger partial charge in [0.1, 0.15) is 5.75 Å². The van der Waals surface area contributed by atoms with Crippen LogP contribution in [0.5, 0.6) is 17.2 Å². The molecule has 3 aromatic rings. The number of aromatic nitrogens is 3. The first kappa shape index (κ1) is 21.8. The molecule has 30 heavy (non-hydrogen) atoms. The molecule has 0 aliphatic rings. The standard InChI is InChI=1S/C22H28N4O3S/c1-22(2,3)16-7-9-17(10-8-16)29-12-13-30-21-25-24-20(26(21)23)15-6-11-18(27-4)19(14-15)28-5/h6-11,14H,12-13,23H2,1-5H3. The molecule has 0 saturated heterocycles. The number of benzene rings is 2. The quantitative estimate of drug-likeness (QED) is 0.328. The summed E-state index contributed by atoms with van der Waals surface area (Å²) in [6.45, 7) is 7.12. The van der Waals surface area contributed by atoms with Crippen LogP contribution in [0.1, 0.15) is 26.3 Å². The van der Waals surface area contributed by atoms with Gasteiger partial charge >= 0.3 is 0 Å². The summed E-state index contributed by atoms with van der Waals surface area (Å²) >= 11 is 1.49. The number of thioether (sulfide) groups is 1. The van der Waals surface area contributed by atoms with Crippen LogP contribution in [-0.2, 0) is 5.41 Å². The van der Waals surface area contributed by atoms with Gasteiger partial charge in [0.2, 0.25) is 5.16 Å². The Morgan fingerprint density at radius 1 is 0.967 bits per heavy atom. The summed E-state index contributed by atoms with van der Waals surface area (Å²) in [6, 6.07) is 13.7. The van der Waals surface area contributed by atoms with Gasteiger partial charge in [-0.1, -0.05) is 44.7 Å². The number of methoxy groups -OCH3 is 2. The Balaban J connectivity index is 1.58. The summed E-state index contributed by atoms with van der Waals surface area (Å²) in [4.78, 5) is 0. The highest BCUT2D eigenvalue weighted by molar-refractivity contribution is 7.99. The second-order valence-electron chi connectivity index (χ2n) is 7.72. The smallest absolute Gasteiger partial charge is 0.210 e. The number of hydrogen-bond acceptors (Lipinski definition) is 7. The lowest BCUT2D eigenvalue weighted by atomic mass is 9.87. The number of nitrogens with zero attached hydrogens (tertiary/aromatic N) is 3. The van der Waals surface area contributed by atoms with Crippen LogP contribution in [0, 0.1) is 0 Å². The van der Waals surface area contributed by atoms with Crippen LogP contribution in [0.2, 0.25) is 0 Å². The van der Waals surface area contributed by atoms with E-state index in [0.29, 0.717) is 34.8 Å². The van der Waals surface area contributed by atoms with Crippen molar-refractivity contribution in [3.63, 3.8) is 0 Å². The monoisotopic (exact) mass is 428 g/mol. The third-order valence-electron chi connectivity index (χ3n) is 4.61. The average Bonchev–Trinajstić information content (AvgIpc) is 3.10. The van der Waals surface area contributed by atoms with E-state index in [4.69, 9.17) is 20.1 Å². The van der Waals surface area contributed by atoms with Crippen LogP contribution < -0.4 is 20.1 Å². The zero-order valence-corrected chi connectivity index (χ0v) is 18.8. The topological polar surface area (TPSA) is 84.4 Å². The molecule has 2 aromatic carbocycles. The maximum absolute atomic E-state index is 6.21. The summed E-state index contributed by atoms with van der Waals surface area (Å²) in [5.41, 5.74) is 2.21. The normalized spacial score (nSPS) is 11.4. The molecule has 8 heteroatoms. The molecule has 0 radical (unpaired) electrons. The molecule has 3 rings (SSSR count). The Hall–Kier alpha value is -2.87. The summed E-state index contributed by atoms with van der Waals surface area (Å²) in [6.07, 6.45) is 0. The lowest BCUT2D eigenvalue weighted by molar-refractivity contribution is 0.343. The third-order valence-corrected chi connectivity index (χ3v) is 5.52. The molecule has 0 atom stereocenters. The van der Waals surface area contributed by atoms with Gasteiger partial charge in [-0.15, -0.1) is 10.2 Å². The van der Waals surface area contributed by atoms with Crippen molar-refractivity contribution in [1.82, 2.24) is 14.9 Å².